The number of rotatable bonds is 3. The van der Waals surface area contributed by atoms with E-state index in [4.69, 9.17) is 16.4 Å². The summed E-state index contributed by atoms with van der Waals surface area (Å²) in [7, 11) is 0. The first-order chi connectivity index (χ1) is 10.1. The van der Waals surface area contributed by atoms with Gasteiger partial charge in [-0.25, -0.2) is 24.2 Å². The molecule has 0 saturated heterocycles. The second-order valence-electron chi connectivity index (χ2n) is 4.09. The van der Waals surface area contributed by atoms with Gasteiger partial charge in [0.25, 0.3) is 0 Å². The highest BCUT2D eigenvalue weighted by atomic mass is 35.5. The van der Waals surface area contributed by atoms with Gasteiger partial charge in [0, 0.05) is 18.5 Å². The van der Waals surface area contributed by atoms with Gasteiger partial charge < -0.3 is 4.84 Å². The Kier molecular flexibility index (Phi) is 3.41. The SMILES string of the molecule is O=C(ONc1ccc(F)cc1Cl)c1cnc2ccnn2c1. The van der Waals surface area contributed by atoms with Crippen LogP contribution in [0.4, 0.5) is 10.1 Å². The van der Waals surface area contributed by atoms with Crippen molar-refractivity contribution in [2.45, 2.75) is 0 Å². The summed E-state index contributed by atoms with van der Waals surface area (Å²) >= 11 is 5.80. The van der Waals surface area contributed by atoms with Crippen molar-refractivity contribution in [1.29, 1.82) is 0 Å². The van der Waals surface area contributed by atoms with Gasteiger partial charge in [0.15, 0.2) is 5.65 Å². The van der Waals surface area contributed by atoms with Crippen LogP contribution in [-0.4, -0.2) is 20.6 Å². The van der Waals surface area contributed by atoms with Crippen molar-refractivity contribution in [3.05, 3.63) is 59.3 Å². The summed E-state index contributed by atoms with van der Waals surface area (Å²) in [5.41, 5.74) is 3.47. The number of benzene rings is 1. The van der Waals surface area contributed by atoms with Gasteiger partial charge in [-0.3, -0.25) is 0 Å². The maximum absolute atomic E-state index is 12.9. The second kappa shape index (κ2) is 5.37. The van der Waals surface area contributed by atoms with Crippen molar-refractivity contribution in [2.75, 3.05) is 5.48 Å². The minimum Gasteiger partial charge on any atom is -0.338 e. The first kappa shape index (κ1) is 13.3. The summed E-state index contributed by atoms with van der Waals surface area (Å²) in [6, 6.07) is 5.36. The van der Waals surface area contributed by atoms with Gasteiger partial charge in [0.05, 0.1) is 22.5 Å². The third kappa shape index (κ3) is 2.77. The molecule has 0 unspecified atom stereocenters. The van der Waals surface area contributed by atoms with Gasteiger partial charge in [0.2, 0.25) is 0 Å². The van der Waals surface area contributed by atoms with E-state index in [2.05, 4.69) is 15.6 Å². The van der Waals surface area contributed by atoms with Crippen LogP contribution in [0.1, 0.15) is 10.4 Å². The third-order valence-corrected chi connectivity index (χ3v) is 2.98. The second-order valence-corrected chi connectivity index (χ2v) is 4.50. The van der Waals surface area contributed by atoms with Gasteiger partial charge in [-0.05, 0) is 18.2 Å². The van der Waals surface area contributed by atoms with Crippen LogP contribution < -0.4 is 5.48 Å². The van der Waals surface area contributed by atoms with E-state index in [-0.39, 0.29) is 16.3 Å². The molecule has 3 aromatic rings. The molecule has 2 aromatic heterocycles. The Morgan fingerprint density at radius 2 is 2.24 bits per heavy atom. The number of hydrogen-bond donors (Lipinski definition) is 1. The Balaban J connectivity index is 1.73. The van der Waals surface area contributed by atoms with Crippen molar-refractivity contribution in [3.63, 3.8) is 0 Å². The molecular formula is C13H8ClFN4O2. The predicted molar refractivity (Wildman–Crippen MR) is 73.4 cm³/mol. The zero-order chi connectivity index (χ0) is 14.8. The average Bonchev–Trinajstić information content (AvgIpc) is 2.93. The maximum Gasteiger partial charge on any atom is 0.365 e. The molecule has 106 valence electrons. The topological polar surface area (TPSA) is 68.5 Å². The largest absolute Gasteiger partial charge is 0.365 e. The lowest BCUT2D eigenvalue weighted by molar-refractivity contribution is 0.0595. The average molecular weight is 307 g/mol. The molecule has 0 aliphatic rings. The van der Waals surface area contributed by atoms with Crippen LogP contribution in [0.3, 0.4) is 0 Å². The normalized spacial score (nSPS) is 10.6. The van der Waals surface area contributed by atoms with Crippen molar-refractivity contribution >= 4 is 28.9 Å². The molecule has 0 saturated carbocycles. The van der Waals surface area contributed by atoms with Gasteiger partial charge in [0.1, 0.15) is 5.82 Å². The molecule has 6 nitrogen and oxygen atoms in total. The minimum atomic E-state index is -0.666. The first-order valence-electron chi connectivity index (χ1n) is 5.85. The third-order valence-electron chi connectivity index (χ3n) is 2.67. The molecule has 0 amide bonds. The number of halogens is 2. The minimum absolute atomic E-state index is 0.100. The molecule has 0 atom stereocenters. The quantitative estimate of drug-likeness (QED) is 0.754. The van der Waals surface area contributed by atoms with Gasteiger partial charge in [-0.2, -0.15) is 5.10 Å². The standard InChI is InChI=1S/C13H8ClFN4O2/c14-10-5-9(15)1-2-11(10)18-21-13(20)8-6-16-12-3-4-17-19(12)7-8/h1-7,18H. The number of carbonyl (C=O) groups is 1. The molecule has 0 aliphatic heterocycles. The summed E-state index contributed by atoms with van der Waals surface area (Å²) < 4.78 is 14.3. The Hall–Kier alpha value is -2.67. The summed E-state index contributed by atoms with van der Waals surface area (Å²) in [4.78, 5) is 20.8. The van der Waals surface area contributed by atoms with E-state index < -0.39 is 11.8 Å². The van der Waals surface area contributed by atoms with Gasteiger partial charge in [-0.15, -0.1) is 0 Å². The molecule has 0 bridgehead atoms. The molecule has 2 heterocycles. The number of fused-ring (bicyclic) bond motifs is 1. The predicted octanol–water partition coefficient (Wildman–Crippen LogP) is 2.71. The summed E-state index contributed by atoms with van der Waals surface area (Å²) in [5, 5.41) is 4.07. The van der Waals surface area contributed by atoms with E-state index in [1.165, 1.54) is 29.0 Å². The van der Waals surface area contributed by atoms with Crippen LogP contribution in [0.5, 0.6) is 0 Å². The lowest BCUT2D eigenvalue weighted by Crippen LogP contribution is -2.12. The number of carbonyl (C=O) groups excluding carboxylic acids is 1. The van der Waals surface area contributed by atoms with E-state index in [1.807, 2.05) is 0 Å². The van der Waals surface area contributed by atoms with Crippen molar-refractivity contribution < 1.29 is 14.0 Å². The van der Waals surface area contributed by atoms with E-state index in [9.17, 15) is 9.18 Å². The molecule has 21 heavy (non-hydrogen) atoms. The summed E-state index contributed by atoms with van der Waals surface area (Å²) in [5.74, 6) is -1.15. The lowest BCUT2D eigenvalue weighted by atomic mass is 10.3. The first-order valence-corrected chi connectivity index (χ1v) is 6.23. The number of nitrogens with zero attached hydrogens (tertiary/aromatic N) is 3. The molecule has 1 aromatic carbocycles. The Bertz CT molecular complexity index is 821. The van der Waals surface area contributed by atoms with E-state index in [1.54, 1.807) is 12.3 Å². The van der Waals surface area contributed by atoms with E-state index >= 15 is 0 Å². The van der Waals surface area contributed by atoms with Crippen molar-refractivity contribution in [2.24, 2.45) is 0 Å². The number of anilines is 1. The molecule has 0 spiro atoms. The monoisotopic (exact) mass is 306 g/mol. The Morgan fingerprint density at radius 3 is 3.05 bits per heavy atom. The molecular weight excluding hydrogens is 299 g/mol. The highest BCUT2D eigenvalue weighted by Gasteiger charge is 2.11. The van der Waals surface area contributed by atoms with Crippen LogP contribution >= 0.6 is 11.6 Å². The number of hydrogen-bond acceptors (Lipinski definition) is 5. The van der Waals surface area contributed by atoms with Crippen LogP contribution in [0.2, 0.25) is 5.02 Å². The van der Waals surface area contributed by atoms with Crippen LogP contribution in [0.25, 0.3) is 5.65 Å². The van der Waals surface area contributed by atoms with Crippen LogP contribution in [0, 0.1) is 5.82 Å². The van der Waals surface area contributed by atoms with Gasteiger partial charge >= 0.3 is 5.97 Å². The summed E-state index contributed by atoms with van der Waals surface area (Å²) in [6.07, 6.45) is 4.42. The fraction of sp³-hybridized carbons (Fsp3) is 0. The fourth-order valence-electron chi connectivity index (χ4n) is 1.65. The zero-order valence-corrected chi connectivity index (χ0v) is 11.2. The highest BCUT2D eigenvalue weighted by Crippen LogP contribution is 2.22. The van der Waals surface area contributed by atoms with Crippen molar-refractivity contribution in [1.82, 2.24) is 14.6 Å². The lowest BCUT2D eigenvalue weighted by Gasteiger charge is -2.08. The molecule has 0 radical (unpaired) electrons. The fourth-order valence-corrected chi connectivity index (χ4v) is 1.85. The Morgan fingerprint density at radius 1 is 1.38 bits per heavy atom. The van der Waals surface area contributed by atoms with E-state index in [0.717, 1.165) is 6.07 Å². The number of aromatic nitrogens is 3. The highest BCUT2D eigenvalue weighted by molar-refractivity contribution is 6.33. The Labute approximate surface area is 123 Å². The van der Waals surface area contributed by atoms with Crippen molar-refractivity contribution in [3.8, 4) is 0 Å². The summed E-state index contributed by atoms with van der Waals surface area (Å²) in [6.45, 7) is 0. The van der Waals surface area contributed by atoms with E-state index in [0.29, 0.717) is 5.65 Å². The number of nitrogens with one attached hydrogen (secondary N) is 1. The maximum atomic E-state index is 12.9. The molecule has 0 aliphatic carbocycles. The smallest absolute Gasteiger partial charge is 0.338 e. The van der Waals surface area contributed by atoms with Crippen LogP contribution in [-0.2, 0) is 4.84 Å². The molecule has 1 N–H and O–H groups in total. The van der Waals surface area contributed by atoms with Gasteiger partial charge in [-0.1, -0.05) is 11.6 Å². The molecule has 3 rings (SSSR count). The zero-order valence-electron chi connectivity index (χ0n) is 10.5. The molecule has 8 heteroatoms. The molecule has 0 fully saturated rings. The van der Waals surface area contributed by atoms with Crippen LogP contribution in [0.15, 0.2) is 42.9 Å².